The molecule has 0 aliphatic carbocycles. The Labute approximate surface area is 104 Å². The van der Waals surface area contributed by atoms with Crippen LogP contribution in [0.2, 0.25) is 5.22 Å². The van der Waals surface area contributed by atoms with E-state index in [9.17, 15) is 4.39 Å². The Hall–Kier alpha value is -1.32. The lowest BCUT2D eigenvalue weighted by atomic mass is 10.0. The standard InChI is InChI=1S/C13H13ClFNO/c1-16-11(12-6-7-13(14)17-12)8-9-4-2-3-5-10(9)15/h2-7,11,16H,8H2,1H3. The van der Waals surface area contributed by atoms with Crippen LogP contribution in [0.4, 0.5) is 4.39 Å². The van der Waals surface area contributed by atoms with Gasteiger partial charge in [0.25, 0.3) is 0 Å². The average Bonchev–Trinajstić information content (AvgIpc) is 2.75. The molecule has 0 fully saturated rings. The molecule has 17 heavy (non-hydrogen) atoms. The van der Waals surface area contributed by atoms with Crippen molar-refractivity contribution < 1.29 is 8.81 Å². The SMILES string of the molecule is CNC(Cc1ccccc1F)c1ccc(Cl)o1. The third-order valence-corrected chi connectivity index (χ3v) is 2.87. The Balaban J connectivity index is 2.18. The van der Waals surface area contributed by atoms with Crippen molar-refractivity contribution in [2.24, 2.45) is 0 Å². The molecule has 2 nitrogen and oxygen atoms in total. The fourth-order valence-corrected chi connectivity index (χ4v) is 1.90. The van der Waals surface area contributed by atoms with E-state index in [1.165, 1.54) is 6.07 Å². The van der Waals surface area contributed by atoms with Crippen molar-refractivity contribution in [2.75, 3.05) is 7.05 Å². The lowest BCUT2D eigenvalue weighted by Crippen LogP contribution is -2.18. The summed E-state index contributed by atoms with van der Waals surface area (Å²) in [5.41, 5.74) is 0.652. The van der Waals surface area contributed by atoms with E-state index >= 15 is 0 Å². The molecule has 1 heterocycles. The van der Waals surface area contributed by atoms with Crippen LogP contribution in [-0.4, -0.2) is 7.05 Å². The molecular weight excluding hydrogens is 241 g/mol. The van der Waals surface area contributed by atoms with Gasteiger partial charge in [-0.3, -0.25) is 0 Å². The number of halogens is 2. The zero-order valence-corrected chi connectivity index (χ0v) is 10.2. The van der Waals surface area contributed by atoms with Gasteiger partial charge in [-0.15, -0.1) is 0 Å². The average molecular weight is 254 g/mol. The van der Waals surface area contributed by atoms with Gasteiger partial charge in [-0.1, -0.05) is 18.2 Å². The second kappa shape index (κ2) is 5.34. The van der Waals surface area contributed by atoms with Crippen LogP contribution in [-0.2, 0) is 6.42 Å². The van der Waals surface area contributed by atoms with Crippen LogP contribution in [0.3, 0.4) is 0 Å². The number of likely N-dealkylation sites (N-methyl/N-ethyl adjacent to an activating group) is 1. The summed E-state index contributed by atoms with van der Waals surface area (Å²) in [6.07, 6.45) is 0.521. The van der Waals surface area contributed by atoms with Crippen LogP contribution in [0.5, 0.6) is 0 Å². The maximum Gasteiger partial charge on any atom is 0.193 e. The molecule has 0 spiro atoms. The Morgan fingerprint density at radius 3 is 2.65 bits per heavy atom. The van der Waals surface area contributed by atoms with Gasteiger partial charge < -0.3 is 9.73 Å². The van der Waals surface area contributed by atoms with Crippen LogP contribution in [0.15, 0.2) is 40.8 Å². The van der Waals surface area contributed by atoms with Crippen molar-refractivity contribution in [3.63, 3.8) is 0 Å². The molecular formula is C13H13ClFNO. The molecule has 0 aliphatic rings. The van der Waals surface area contributed by atoms with E-state index < -0.39 is 0 Å². The summed E-state index contributed by atoms with van der Waals surface area (Å²) >= 11 is 5.73. The summed E-state index contributed by atoms with van der Waals surface area (Å²) in [4.78, 5) is 0. The summed E-state index contributed by atoms with van der Waals surface area (Å²) in [5.74, 6) is 0.506. The molecule has 0 saturated carbocycles. The monoisotopic (exact) mass is 253 g/mol. The largest absolute Gasteiger partial charge is 0.448 e. The van der Waals surface area contributed by atoms with E-state index in [-0.39, 0.29) is 11.9 Å². The van der Waals surface area contributed by atoms with Gasteiger partial charge in [-0.2, -0.15) is 0 Å². The minimum Gasteiger partial charge on any atom is -0.448 e. The first-order valence-electron chi connectivity index (χ1n) is 5.36. The molecule has 90 valence electrons. The van der Waals surface area contributed by atoms with Crippen LogP contribution >= 0.6 is 11.6 Å². The van der Waals surface area contributed by atoms with E-state index in [2.05, 4.69) is 5.32 Å². The second-order valence-corrected chi connectivity index (χ2v) is 4.15. The van der Waals surface area contributed by atoms with Crippen LogP contribution < -0.4 is 5.32 Å². The predicted octanol–water partition coefficient (Wildman–Crippen LogP) is 3.58. The first-order chi connectivity index (χ1) is 8.20. The quantitative estimate of drug-likeness (QED) is 0.901. The maximum atomic E-state index is 13.5. The highest BCUT2D eigenvalue weighted by Gasteiger charge is 2.15. The minimum atomic E-state index is -0.203. The van der Waals surface area contributed by atoms with E-state index in [4.69, 9.17) is 16.0 Å². The molecule has 0 aliphatic heterocycles. The molecule has 0 amide bonds. The third kappa shape index (κ3) is 2.87. The molecule has 0 bridgehead atoms. The van der Waals surface area contributed by atoms with Crippen LogP contribution in [0.25, 0.3) is 0 Å². The Kier molecular flexibility index (Phi) is 3.82. The number of hydrogen-bond acceptors (Lipinski definition) is 2. The molecule has 1 unspecified atom stereocenters. The van der Waals surface area contributed by atoms with Gasteiger partial charge in [0.15, 0.2) is 5.22 Å². The van der Waals surface area contributed by atoms with Crippen LogP contribution in [0, 0.1) is 5.82 Å². The fourth-order valence-electron chi connectivity index (χ4n) is 1.74. The van der Waals surface area contributed by atoms with Gasteiger partial charge in [-0.05, 0) is 48.8 Å². The molecule has 2 aromatic rings. The lowest BCUT2D eigenvalue weighted by molar-refractivity contribution is 0.426. The summed E-state index contributed by atoms with van der Waals surface area (Å²) in [5, 5.41) is 3.43. The van der Waals surface area contributed by atoms with Crippen molar-refractivity contribution in [3.05, 3.63) is 58.8 Å². The number of hydrogen-bond donors (Lipinski definition) is 1. The van der Waals surface area contributed by atoms with Crippen molar-refractivity contribution in [1.82, 2.24) is 5.32 Å². The molecule has 0 saturated heterocycles. The Morgan fingerprint density at radius 2 is 2.06 bits per heavy atom. The predicted molar refractivity (Wildman–Crippen MR) is 65.6 cm³/mol. The van der Waals surface area contributed by atoms with Gasteiger partial charge in [-0.25, -0.2) is 4.39 Å². The topological polar surface area (TPSA) is 25.2 Å². The summed E-state index contributed by atoms with van der Waals surface area (Å²) in [6.45, 7) is 0. The van der Waals surface area contributed by atoms with E-state index in [0.717, 1.165) is 0 Å². The molecule has 1 aromatic carbocycles. The first-order valence-corrected chi connectivity index (χ1v) is 5.74. The summed E-state index contributed by atoms with van der Waals surface area (Å²) < 4.78 is 18.9. The van der Waals surface area contributed by atoms with Gasteiger partial charge in [0.05, 0.1) is 6.04 Å². The Morgan fingerprint density at radius 1 is 1.29 bits per heavy atom. The van der Waals surface area contributed by atoms with E-state index in [0.29, 0.717) is 23.0 Å². The van der Waals surface area contributed by atoms with Gasteiger partial charge >= 0.3 is 0 Å². The van der Waals surface area contributed by atoms with Crippen molar-refractivity contribution >= 4 is 11.6 Å². The number of furan rings is 1. The number of rotatable bonds is 4. The summed E-state index contributed by atoms with van der Waals surface area (Å²) in [7, 11) is 1.81. The zero-order valence-electron chi connectivity index (χ0n) is 9.41. The lowest BCUT2D eigenvalue weighted by Gasteiger charge is -2.13. The zero-order chi connectivity index (χ0) is 12.3. The highest BCUT2D eigenvalue weighted by atomic mass is 35.5. The van der Waals surface area contributed by atoms with E-state index in [1.54, 1.807) is 24.3 Å². The second-order valence-electron chi connectivity index (χ2n) is 3.78. The van der Waals surface area contributed by atoms with Crippen LogP contribution in [0.1, 0.15) is 17.4 Å². The highest BCUT2D eigenvalue weighted by Crippen LogP contribution is 2.23. The van der Waals surface area contributed by atoms with E-state index in [1.807, 2.05) is 13.1 Å². The minimum absolute atomic E-state index is 0.0839. The fraction of sp³-hybridized carbons (Fsp3) is 0.231. The molecule has 2 rings (SSSR count). The van der Waals surface area contributed by atoms with Gasteiger partial charge in [0, 0.05) is 0 Å². The summed E-state index contributed by atoms with van der Waals surface area (Å²) in [6, 6.07) is 10.1. The molecule has 4 heteroatoms. The van der Waals surface area contributed by atoms with Crippen molar-refractivity contribution in [3.8, 4) is 0 Å². The molecule has 1 atom stereocenters. The third-order valence-electron chi connectivity index (χ3n) is 2.67. The van der Waals surface area contributed by atoms with Gasteiger partial charge in [0.2, 0.25) is 0 Å². The Bertz CT molecular complexity index is 498. The molecule has 1 N–H and O–H groups in total. The number of nitrogens with one attached hydrogen (secondary N) is 1. The maximum absolute atomic E-state index is 13.5. The molecule has 0 radical (unpaired) electrons. The van der Waals surface area contributed by atoms with Crippen molar-refractivity contribution in [1.29, 1.82) is 0 Å². The van der Waals surface area contributed by atoms with Crippen molar-refractivity contribution in [2.45, 2.75) is 12.5 Å². The highest BCUT2D eigenvalue weighted by molar-refractivity contribution is 6.28. The first kappa shape index (κ1) is 12.1. The number of benzene rings is 1. The smallest absolute Gasteiger partial charge is 0.193 e. The normalized spacial score (nSPS) is 12.6. The van der Waals surface area contributed by atoms with Gasteiger partial charge in [0.1, 0.15) is 11.6 Å². The molecule has 1 aromatic heterocycles.